The van der Waals surface area contributed by atoms with Gasteiger partial charge in [-0.05, 0) is 48.0 Å². The van der Waals surface area contributed by atoms with Gasteiger partial charge in [-0.25, -0.2) is 9.82 Å². The second-order valence-corrected chi connectivity index (χ2v) is 5.08. The molecule has 5 nitrogen and oxygen atoms in total. The number of carbonyl (C=O) groups excluding carboxylic acids is 1. The van der Waals surface area contributed by atoms with E-state index < -0.39 is 11.7 Å². The Hall–Kier alpha value is -3.41. The lowest BCUT2D eigenvalue weighted by atomic mass is 10.2. The third-order valence-corrected chi connectivity index (χ3v) is 3.34. The number of fused-ring (bicyclic) bond motifs is 1. The molecule has 0 radical (unpaired) electrons. The zero-order valence-electron chi connectivity index (χ0n) is 13.2. The van der Waals surface area contributed by atoms with Crippen LogP contribution in [0.3, 0.4) is 0 Å². The van der Waals surface area contributed by atoms with Crippen LogP contribution in [-0.2, 0) is 0 Å². The summed E-state index contributed by atoms with van der Waals surface area (Å²) in [5, 5.41) is 3.79. The van der Waals surface area contributed by atoms with Crippen molar-refractivity contribution in [1.82, 2.24) is 5.43 Å². The van der Waals surface area contributed by atoms with E-state index in [1.165, 1.54) is 30.5 Å². The smallest absolute Gasteiger partial charge is 0.271 e. The lowest BCUT2D eigenvalue weighted by molar-refractivity contribution is 0.0955. The highest BCUT2D eigenvalue weighted by Crippen LogP contribution is 2.32. The second-order valence-electron chi connectivity index (χ2n) is 5.08. The van der Waals surface area contributed by atoms with E-state index in [2.05, 4.69) is 10.5 Å². The molecule has 0 unspecified atom stereocenters. The first kappa shape index (κ1) is 16.4. The van der Waals surface area contributed by atoms with Crippen LogP contribution in [0.4, 0.5) is 4.39 Å². The third-order valence-electron chi connectivity index (χ3n) is 3.34. The molecule has 0 fully saturated rings. The van der Waals surface area contributed by atoms with Gasteiger partial charge in [0.1, 0.15) is 5.82 Å². The molecule has 1 amide bonds. The van der Waals surface area contributed by atoms with Gasteiger partial charge in [-0.3, -0.25) is 4.79 Å². The standard InChI is InChI=1S/C19H15FN2O3/c20-16-8-6-15(7-9-16)19(23)22-21-11-3-1-2-4-14-5-10-17-18(12-14)25-13-24-17/h1-12H,13H2,(H,22,23)/b3-1+,4-2+,21-11+. The molecule has 1 N–H and O–H groups in total. The van der Waals surface area contributed by atoms with Gasteiger partial charge in [0, 0.05) is 11.8 Å². The van der Waals surface area contributed by atoms with E-state index in [9.17, 15) is 9.18 Å². The highest BCUT2D eigenvalue weighted by molar-refractivity contribution is 5.94. The number of hydrogen-bond donors (Lipinski definition) is 1. The molecule has 0 bridgehead atoms. The Labute approximate surface area is 144 Å². The number of halogens is 1. The van der Waals surface area contributed by atoms with E-state index in [4.69, 9.17) is 9.47 Å². The van der Waals surface area contributed by atoms with E-state index >= 15 is 0 Å². The molecule has 0 saturated heterocycles. The molecule has 25 heavy (non-hydrogen) atoms. The van der Waals surface area contributed by atoms with Crippen LogP contribution >= 0.6 is 0 Å². The van der Waals surface area contributed by atoms with Gasteiger partial charge in [0.15, 0.2) is 11.5 Å². The van der Waals surface area contributed by atoms with Crippen molar-refractivity contribution in [2.24, 2.45) is 5.10 Å². The topological polar surface area (TPSA) is 59.9 Å². The molecule has 0 atom stereocenters. The normalized spacial score (nSPS) is 13.2. The van der Waals surface area contributed by atoms with Crippen LogP contribution in [0.5, 0.6) is 11.5 Å². The van der Waals surface area contributed by atoms with Gasteiger partial charge in [0.2, 0.25) is 6.79 Å². The SMILES string of the molecule is O=C(N/N=C/C=C/C=C/c1ccc2c(c1)OCO2)c1ccc(F)cc1. The van der Waals surface area contributed by atoms with Crippen molar-refractivity contribution in [2.45, 2.75) is 0 Å². The Balaban J connectivity index is 1.47. The highest BCUT2D eigenvalue weighted by Gasteiger charge is 2.11. The summed E-state index contributed by atoms with van der Waals surface area (Å²) in [5.41, 5.74) is 3.68. The Bertz CT molecular complexity index is 842. The maximum absolute atomic E-state index is 12.8. The summed E-state index contributed by atoms with van der Waals surface area (Å²) in [6.45, 7) is 0.252. The molecule has 0 saturated carbocycles. The minimum absolute atomic E-state index is 0.252. The Morgan fingerprint density at radius 1 is 1.04 bits per heavy atom. The molecule has 0 spiro atoms. The van der Waals surface area contributed by atoms with Crippen molar-refractivity contribution in [3.8, 4) is 11.5 Å². The van der Waals surface area contributed by atoms with Crippen molar-refractivity contribution in [2.75, 3.05) is 6.79 Å². The fourth-order valence-electron chi connectivity index (χ4n) is 2.10. The van der Waals surface area contributed by atoms with Gasteiger partial charge in [-0.15, -0.1) is 0 Å². The average molecular weight is 338 g/mol. The zero-order valence-corrected chi connectivity index (χ0v) is 13.2. The van der Waals surface area contributed by atoms with Gasteiger partial charge in [0.05, 0.1) is 0 Å². The first-order valence-corrected chi connectivity index (χ1v) is 7.54. The molecule has 1 aliphatic heterocycles. The fourth-order valence-corrected chi connectivity index (χ4v) is 2.10. The molecule has 1 aliphatic rings. The van der Waals surface area contributed by atoms with Gasteiger partial charge in [0.25, 0.3) is 5.91 Å². The first-order chi connectivity index (χ1) is 12.2. The monoisotopic (exact) mass is 338 g/mol. The summed E-state index contributed by atoms with van der Waals surface area (Å²) < 4.78 is 23.3. The molecule has 126 valence electrons. The summed E-state index contributed by atoms with van der Waals surface area (Å²) in [6, 6.07) is 10.9. The maximum atomic E-state index is 12.8. The summed E-state index contributed by atoms with van der Waals surface area (Å²) in [7, 11) is 0. The van der Waals surface area contributed by atoms with Crippen LogP contribution in [0.2, 0.25) is 0 Å². The number of hydrazone groups is 1. The number of hydrogen-bond acceptors (Lipinski definition) is 4. The van der Waals surface area contributed by atoms with E-state index in [0.717, 1.165) is 17.1 Å². The van der Waals surface area contributed by atoms with Crippen LogP contribution in [-0.4, -0.2) is 18.9 Å². The Morgan fingerprint density at radius 3 is 2.68 bits per heavy atom. The number of nitrogens with zero attached hydrogens (tertiary/aromatic N) is 1. The summed E-state index contributed by atoms with van der Waals surface area (Å²) >= 11 is 0. The van der Waals surface area contributed by atoms with Crippen molar-refractivity contribution < 1.29 is 18.7 Å². The summed E-state index contributed by atoms with van der Waals surface area (Å²) in [4.78, 5) is 11.7. The number of carbonyl (C=O) groups is 1. The average Bonchev–Trinajstić information content (AvgIpc) is 3.09. The highest BCUT2D eigenvalue weighted by atomic mass is 19.1. The Kier molecular flexibility index (Phi) is 5.21. The van der Waals surface area contributed by atoms with Crippen molar-refractivity contribution in [1.29, 1.82) is 0 Å². The molecule has 0 aliphatic carbocycles. The minimum Gasteiger partial charge on any atom is -0.454 e. The van der Waals surface area contributed by atoms with Crippen LogP contribution in [0.15, 0.2) is 65.8 Å². The first-order valence-electron chi connectivity index (χ1n) is 7.54. The van der Waals surface area contributed by atoms with Crippen LogP contribution in [0.25, 0.3) is 6.08 Å². The number of benzene rings is 2. The number of rotatable bonds is 5. The van der Waals surface area contributed by atoms with Crippen LogP contribution in [0.1, 0.15) is 15.9 Å². The predicted octanol–water partition coefficient (Wildman–Crippen LogP) is 3.54. The quantitative estimate of drug-likeness (QED) is 0.515. The van der Waals surface area contributed by atoms with Crippen LogP contribution < -0.4 is 14.9 Å². The van der Waals surface area contributed by atoms with Crippen molar-refractivity contribution in [3.63, 3.8) is 0 Å². The van der Waals surface area contributed by atoms with E-state index in [-0.39, 0.29) is 6.79 Å². The lowest BCUT2D eigenvalue weighted by Gasteiger charge is -1.98. The number of allylic oxidation sites excluding steroid dienone is 3. The summed E-state index contributed by atoms with van der Waals surface area (Å²) in [5.74, 6) is 0.686. The molecular weight excluding hydrogens is 323 g/mol. The Morgan fingerprint density at radius 2 is 1.84 bits per heavy atom. The van der Waals surface area contributed by atoms with Gasteiger partial charge < -0.3 is 9.47 Å². The molecule has 2 aromatic rings. The maximum Gasteiger partial charge on any atom is 0.271 e. The predicted molar refractivity (Wildman–Crippen MR) is 93.1 cm³/mol. The van der Waals surface area contributed by atoms with Gasteiger partial charge >= 0.3 is 0 Å². The van der Waals surface area contributed by atoms with Crippen molar-refractivity contribution >= 4 is 18.2 Å². The molecule has 6 heteroatoms. The van der Waals surface area contributed by atoms with Crippen molar-refractivity contribution in [3.05, 3.63) is 77.6 Å². The zero-order chi connectivity index (χ0) is 17.5. The van der Waals surface area contributed by atoms with E-state index in [1.54, 1.807) is 12.2 Å². The molecule has 0 aromatic heterocycles. The van der Waals surface area contributed by atoms with Gasteiger partial charge in [-0.1, -0.05) is 24.3 Å². The molecular formula is C19H15FN2O3. The second kappa shape index (κ2) is 7.92. The fraction of sp³-hybridized carbons (Fsp3) is 0.0526. The summed E-state index contributed by atoms with van der Waals surface area (Å²) in [6.07, 6.45) is 8.65. The number of nitrogens with one attached hydrogen (secondary N) is 1. The number of ether oxygens (including phenoxy) is 2. The molecule has 1 heterocycles. The number of amides is 1. The van der Waals surface area contributed by atoms with E-state index in [1.807, 2.05) is 30.4 Å². The lowest BCUT2D eigenvalue weighted by Crippen LogP contribution is -2.17. The van der Waals surface area contributed by atoms with E-state index in [0.29, 0.717) is 5.56 Å². The molecule has 3 rings (SSSR count). The third kappa shape index (κ3) is 4.54. The molecule has 2 aromatic carbocycles. The largest absolute Gasteiger partial charge is 0.454 e. The van der Waals surface area contributed by atoms with Gasteiger partial charge in [-0.2, -0.15) is 5.10 Å². The van der Waals surface area contributed by atoms with Crippen LogP contribution in [0, 0.1) is 5.82 Å². The minimum atomic E-state index is -0.402.